The van der Waals surface area contributed by atoms with Crippen LogP contribution in [0, 0.1) is 6.07 Å². The summed E-state index contributed by atoms with van der Waals surface area (Å²) in [4.78, 5) is 2.23. The van der Waals surface area contributed by atoms with Gasteiger partial charge in [-0.2, -0.15) is 0 Å². The Kier molecular flexibility index (Phi) is 2.77. The van der Waals surface area contributed by atoms with Crippen molar-refractivity contribution in [3.63, 3.8) is 0 Å². The number of aromatic nitrogens is 4. The highest BCUT2D eigenvalue weighted by Gasteiger charge is 2.18. The van der Waals surface area contributed by atoms with E-state index in [1.54, 1.807) is 0 Å². The fourth-order valence-electron chi connectivity index (χ4n) is 2.46. The van der Waals surface area contributed by atoms with E-state index < -0.39 is 0 Å². The second-order valence-electron chi connectivity index (χ2n) is 4.69. The summed E-state index contributed by atoms with van der Waals surface area (Å²) < 4.78 is 5.65. The van der Waals surface area contributed by atoms with E-state index in [4.69, 9.17) is 4.74 Å². The fourth-order valence-corrected chi connectivity index (χ4v) is 2.46. The van der Waals surface area contributed by atoms with Crippen molar-refractivity contribution in [1.29, 1.82) is 0 Å². The van der Waals surface area contributed by atoms with Crippen molar-refractivity contribution in [1.82, 2.24) is 20.6 Å². The SMILES string of the molecule is [c]1ccc2c(c1)OCCN2c1ccc(-c2nnn[nH]2)cc1. The number of anilines is 2. The maximum atomic E-state index is 5.65. The predicted octanol–water partition coefficient (Wildman–Crippen LogP) is 2.20. The third-order valence-corrected chi connectivity index (χ3v) is 3.47. The van der Waals surface area contributed by atoms with Crippen molar-refractivity contribution in [2.45, 2.75) is 0 Å². The van der Waals surface area contributed by atoms with Crippen molar-refractivity contribution >= 4 is 11.4 Å². The number of nitrogens with zero attached hydrogens (tertiary/aromatic N) is 4. The molecule has 2 heterocycles. The fraction of sp³-hybridized carbons (Fsp3) is 0.133. The normalized spacial score (nSPS) is 13.6. The largest absolute Gasteiger partial charge is 0.490 e. The molecule has 1 aliphatic heterocycles. The lowest BCUT2D eigenvalue weighted by Gasteiger charge is -2.31. The summed E-state index contributed by atoms with van der Waals surface area (Å²) in [6, 6.07) is 16.9. The molecule has 0 atom stereocenters. The van der Waals surface area contributed by atoms with Gasteiger partial charge in [-0.25, -0.2) is 5.10 Å². The first kappa shape index (κ1) is 11.9. The van der Waals surface area contributed by atoms with Crippen molar-refractivity contribution in [2.75, 3.05) is 18.1 Å². The molecule has 0 aliphatic carbocycles. The lowest BCUT2D eigenvalue weighted by atomic mass is 10.1. The zero-order chi connectivity index (χ0) is 14.1. The average molecular weight is 278 g/mol. The van der Waals surface area contributed by atoms with Crippen molar-refractivity contribution in [3.8, 4) is 17.1 Å². The van der Waals surface area contributed by atoms with E-state index in [9.17, 15) is 0 Å². The van der Waals surface area contributed by atoms with Gasteiger partial charge in [0.25, 0.3) is 0 Å². The smallest absolute Gasteiger partial charge is 0.179 e. The number of ether oxygens (including phenoxy) is 1. The Morgan fingerprint density at radius 3 is 2.90 bits per heavy atom. The summed E-state index contributed by atoms with van der Waals surface area (Å²) >= 11 is 0. The Morgan fingerprint density at radius 1 is 1.19 bits per heavy atom. The zero-order valence-electron chi connectivity index (χ0n) is 11.2. The van der Waals surface area contributed by atoms with E-state index in [1.807, 2.05) is 30.3 Å². The van der Waals surface area contributed by atoms with Crippen LogP contribution in [0.25, 0.3) is 11.4 Å². The van der Waals surface area contributed by atoms with E-state index in [0.29, 0.717) is 12.4 Å². The standard InChI is InChI=1S/C15H12N5O/c1-2-4-14-13(3-1)20(9-10-21-14)12-7-5-11(6-8-12)15-16-18-19-17-15/h1,3-8H,9-10H2,(H,16,17,18,19). The molecule has 0 fully saturated rings. The van der Waals surface area contributed by atoms with Gasteiger partial charge < -0.3 is 9.64 Å². The first-order chi connectivity index (χ1) is 10.4. The quantitative estimate of drug-likeness (QED) is 0.778. The molecule has 1 aromatic heterocycles. The van der Waals surface area contributed by atoms with Crippen LogP contribution in [0.3, 0.4) is 0 Å². The van der Waals surface area contributed by atoms with E-state index in [0.717, 1.165) is 29.2 Å². The molecule has 0 saturated heterocycles. The zero-order valence-corrected chi connectivity index (χ0v) is 11.2. The molecule has 0 amide bonds. The molecule has 21 heavy (non-hydrogen) atoms. The van der Waals surface area contributed by atoms with Crippen LogP contribution < -0.4 is 9.64 Å². The molecule has 2 aromatic carbocycles. The van der Waals surface area contributed by atoms with E-state index in [-0.39, 0.29) is 0 Å². The number of rotatable bonds is 2. The molecule has 1 N–H and O–H groups in total. The Morgan fingerprint density at radius 2 is 2.10 bits per heavy atom. The number of benzene rings is 2. The second-order valence-corrected chi connectivity index (χ2v) is 4.69. The molecule has 0 unspecified atom stereocenters. The van der Waals surface area contributed by atoms with Crippen LogP contribution in [0.1, 0.15) is 0 Å². The summed E-state index contributed by atoms with van der Waals surface area (Å²) in [6.07, 6.45) is 0. The van der Waals surface area contributed by atoms with Gasteiger partial charge in [0, 0.05) is 11.3 Å². The topological polar surface area (TPSA) is 66.9 Å². The minimum atomic E-state index is 0.665. The van der Waals surface area contributed by atoms with E-state index in [1.165, 1.54) is 0 Å². The highest BCUT2D eigenvalue weighted by molar-refractivity contribution is 5.71. The lowest BCUT2D eigenvalue weighted by molar-refractivity contribution is 0.314. The molecule has 0 saturated carbocycles. The van der Waals surface area contributed by atoms with Gasteiger partial charge in [-0.1, -0.05) is 6.07 Å². The van der Waals surface area contributed by atoms with Crippen LogP contribution in [0.2, 0.25) is 0 Å². The Balaban J connectivity index is 1.69. The van der Waals surface area contributed by atoms with Crippen LogP contribution in [0.15, 0.2) is 42.5 Å². The van der Waals surface area contributed by atoms with Gasteiger partial charge in [0.05, 0.1) is 12.2 Å². The highest BCUT2D eigenvalue weighted by atomic mass is 16.5. The number of nitrogens with one attached hydrogen (secondary N) is 1. The summed E-state index contributed by atoms with van der Waals surface area (Å²) in [7, 11) is 0. The Labute approximate surface area is 121 Å². The van der Waals surface area contributed by atoms with Gasteiger partial charge in [-0.15, -0.1) is 5.10 Å². The number of hydrogen-bond donors (Lipinski definition) is 1. The second kappa shape index (κ2) is 4.90. The number of tetrazole rings is 1. The molecule has 1 aliphatic rings. The van der Waals surface area contributed by atoms with Gasteiger partial charge in [0.1, 0.15) is 12.4 Å². The van der Waals surface area contributed by atoms with Crippen molar-refractivity contribution < 1.29 is 4.74 Å². The Hall–Kier alpha value is -2.89. The molecular formula is C15H12N5O. The Bertz CT molecular complexity index is 739. The van der Waals surface area contributed by atoms with Gasteiger partial charge >= 0.3 is 0 Å². The maximum Gasteiger partial charge on any atom is 0.179 e. The first-order valence-corrected chi connectivity index (χ1v) is 6.66. The summed E-state index contributed by atoms with van der Waals surface area (Å²) in [5.41, 5.74) is 3.13. The molecule has 4 rings (SSSR count). The molecular weight excluding hydrogens is 266 g/mol. The van der Waals surface area contributed by atoms with Crippen LogP contribution in [-0.2, 0) is 0 Å². The van der Waals surface area contributed by atoms with Crippen LogP contribution >= 0.6 is 0 Å². The molecule has 6 heteroatoms. The number of fused-ring (bicyclic) bond motifs is 1. The predicted molar refractivity (Wildman–Crippen MR) is 77.4 cm³/mol. The van der Waals surface area contributed by atoms with Crippen LogP contribution in [-0.4, -0.2) is 33.8 Å². The molecule has 6 nitrogen and oxygen atoms in total. The number of aromatic amines is 1. The van der Waals surface area contributed by atoms with Crippen molar-refractivity contribution in [3.05, 3.63) is 48.5 Å². The highest BCUT2D eigenvalue weighted by Crippen LogP contribution is 2.36. The summed E-state index contributed by atoms with van der Waals surface area (Å²) in [6.45, 7) is 1.48. The van der Waals surface area contributed by atoms with E-state index >= 15 is 0 Å². The third kappa shape index (κ3) is 2.10. The van der Waals surface area contributed by atoms with Gasteiger partial charge in [0.15, 0.2) is 5.82 Å². The van der Waals surface area contributed by atoms with Gasteiger partial charge in [-0.3, -0.25) is 0 Å². The molecule has 1 radical (unpaired) electrons. The van der Waals surface area contributed by atoms with Gasteiger partial charge in [0.2, 0.25) is 0 Å². The number of H-pyrrole nitrogens is 1. The summed E-state index contributed by atoms with van der Waals surface area (Å²) in [5, 5.41) is 13.8. The van der Waals surface area contributed by atoms with Crippen LogP contribution in [0.4, 0.5) is 11.4 Å². The monoisotopic (exact) mass is 278 g/mol. The minimum absolute atomic E-state index is 0.665. The molecule has 0 spiro atoms. The third-order valence-electron chi connectivity index (χ3n) is 3.47. The van der Waals surface area contributed by atoms with Crippen LogP contribution in [0.5, 0.6) is 5.75 Å². The molecule has 3 aromatic rings. The summed E-state index contributed by atoms with van der Waals surface area (Å²) in [5.74, 6) is 1.53. The molecule has 103 valence electrons. The number of hydrogen-bond acceptors (Lipinski definition) is 5. The molecule has 0 bridgehead atoms. The lowest BCUT2D eigenvalue weighted by Crippen LogP contribution is -2.28. The average Bonchev–Trinajstić information content (AvgIpc) is 3.09. The van der Waals surface area contributed by atoms with Gasteiger partial charge in [-0.05, 0) is 52.9 Å². The van der Waals surface area contributed by atoms with E-state index in [2.05, 4.69) is 43.7 Å². The van der Waals surface area contributed by atoms with Crippen molar-refractivity contribution in [2.24, 2.45) is 0 Å². The maximum absolute atomic E-state index is 5.65. The minimum Gasteiger partial charge on any atom is -0.490 e. The first-order valence-electron chi connectivity index (χ1n) is 6.66.